The summed E-state index contributed by atoms with van der Waals surface area (Å²) in [6.07, 6.45) is 2.36. The molecule has 9 heteroatoms. The Kier molecular flexibility index (Phi) is 9.26. The highest BCUT2D eigenvalue weighted by molar-refractivity contribution is 5.99. The van der Waals surface area contributed by atoms with Crippen LogP contribution < -0.4 is 16.0 Å². The summed E-state index contributed by atoms with van der Waals surface area (Å²) in [4.78, 5) is 31.3. The summed E-state index contributed by atoms with van der Waals surface area (Å²) in [6.45, 7) is 5.87. The van der Waals surface area contributed by atoms with Gasteiger partial charge < -0.3 is 25.4 Å². The Morgan fingerprint density at radius 3 is 2.46 bits per heavy atom. The van der Waals surface area contributed by atoms with Gasteiger partial charge in [-0.2, -0.15) is 0 Å². The van der Waals surface area contributed by atoms with Gasteiger partial charge in [-0.05, 0) is 61.7 Å². The maximum absolute atomic E-state index is 13.4. The summed E-state index contributed by atoms with van der Waals surface area (Å²) < 4.78 is 15.6. The van der Waals surface area contributed by atoms with Crippen molar-refractivity contribution in [2.75, 3.05) is 43.4 Å². The fourth-order valence-electron chi connectivity index (χ4n) is 5.23. The molecule has 0 unspecified atom stereocenters. The van der Waals surface area contributed by atoms with Gasteiger partial charge in [0.15, 0.2) is 0 Å². The molecule has 2 heterocycles. The topological polar surface area (TPSA) is 91.3 Å². The quantitative estimate of drug-likeness (QED) is 0.230. The number of nitrogens with zero attached hydrogens (tertiary/aromatic N) is 3. The smallest absolute Gasteiger partial charge is 0.253 e. The molecule has 0 saturated carbocycles. The largest absolute Gasteiger partial charge is 0.384 e. The number of halogens is 1. The second-order valence-electron chi connectivity index (χ2n) is 10.6. The molecule has 0 aliphatic carbocycles. The van der Waals surface area contributed by atoms with Gasteiger partial charge in [0.05, 0.1) is 23.1 Å². The lowest BCUT2D eigenvalue weighted by molar-refractivity contribution is -0.116. The van der Waals surface area contributed by atoms with Crippen molar-refractivity contribution >= 4 is 34.4 Å². The van der Waals surface area contributed by atoms with E-state index in [4.69, 9.17) is 4.98 Å². The van der Waals surface area contributed by atoms with Crippen molar-refractivity contribution in [3.8, 4) is 0 Å². The van der Waals surface area contributed by atoms with Crippen molar-refractivity contribution in [2.45, 2.75) is 38.8 Å². The SMILES string of the molecule is CC(=O)CCNc1ccccc1C(=O)NCCN1CCC(Nc2nc3ccccc3n2Cc2ccc(F)cc2)CC1. The van der Waals surface area contributed by atoms with Gasteiger partial charge in [0.2, 0.25) is 5.95 Å². The Morgan fingerprint density at radius 1 is 0.951 bits per heavy atom. The van der Waals surface area contributed by atoms with Crippen LogP contribution in [0.1, 0.15) is 42.1 Å². The van der Waals surface area contributed by atoms with Gasteiger partial charge in [0.1, 0.15) is 11.6 Å². The van der Waals surface area contributed by atoms with Crippen LogP contribution in [0.2, 0.25) is 0 Å². The number of nitrogens with one attached hydrogen (secondary N) is 3. The number of Topliss-reactive ketones (excluding diaryl/α,β-unsaturated/α-hetero) is 1. The summed E-state index contributed by atoms with van der Waals surface area (Å²) >= 11 is 0. The fraction of sp³-hybridized carbons (Fsp3) is 0.344. The lowest BCUT2D eigenvalue weighted by atomic mass is 10.1. The van der Waals surface area contributed by atoms with Crippen molar-refractivity contribution < 1.29 is 14.0 Å². The first-order chi connectivity index (χ1) is 20.0. The van der Waals surface area contributed by atoms with Crippen molar-refractivity contribution in [3.05, 3.63) is 89.7 Å². The monoisotopic (exact) mass is 556 g/mol. The molecule has 41 heavy (non-hydrogen) atoms. The third kappa shape index (κ3) is 7.49. The number of benzene rings is 3. The third-order valence-electron chi connectivity index (χ3n) is 7.51. The number of likely N-dealkylation sites (tertiary alicyclic amines) is 1. The van der Waals surface area contributed by atoms with Gasteiger partial charge in [0.25, 0.3) is 5.91 Å². The number of hydrogen-bond donors (Lipinski definition) is 3. The molecule has 0 spiro atoms. The Morgan fingerprint density at radius 2 is 1.68 bits per heavy atom. The summed E-state index contributed by atoms with van der Waals surface area (Å²) in [5.74, 6) is 0.586. The zero-order valence-electron chi connectivity index (χ0n) is 23.4. The van der Waals surface area contributed by atoms with E-state index < -0.39 is 0 Å². The molecule has 1 fully saturated rings. The summed E-state index contributed by atoms with van der Waals surface area (Å²) in [5.41, 5.74) is 4.32. The number of carbonyl (C=O) groups is 2. The molecule has 0 bridgehead atoms. The van der Waals surface area contributed by atoms with E-state index in [1.807, 2.05) is 48.5 Å². The molecule has 4 aromatic rings. The summed E-state index contributed by atoms with van der Waals surface area (Å²) in [6, 6.07) is 22.4. The van der Waals surface area contributed by atoms with E-state index in [0.29, 0.717) is 31.6 Å². The minimum Gasteiger partial charge on any atom is -0.384 e. The highest BCUT2D eigenvalue weighted by Crippen LogP contribution is 2.24. The second kappa shape index (κ2) is 13.4. The second-order valence-corrected chi connectivity index (χ2v) is 10.6. The average Bonchev–Trinajstić information content (AvgIpc) is 3.31. The highest BCUT2D eigenvalue weighted by Gasteiger charge is 2.22. The number of fused-ring (bicyclic) bond motifs is 1. The van der Waals surface area contributed by atoms with Crippen molar-refractivity contribution in [1.29, 1.82) is 0 Å². The van der Waals surface area contributed by atoms with Gasteiger partial charge in [-0.15, -0.1) is 0 Å². The van der Waals surface area contributed by atoms with Gasteiger partial charge in [-0.1, -0.05) is 36.4 Å². The fourth-order valence-corrected chi connectivity index (χ4v) is 5.23. The number of imidazole rings is 1. The van der Waals surface area contributed by atoms with Crippen molar-refractivity contribution in [2.24, 2.45) is 0 Å². The Hall–Kier alpha value is -4.24. The number of ketones is 1. The number of anilines is 2. The van der Waals surface area contributed by atoms with Gasteiger partial charge >= 0.3 is 0 Å². The van der Waals surface area contributed by atoms with E-state index in [1.165, 1.54) is 12.1 Å². The summed E-state index contributed by atoms with van der Waals surface area (Å²) in [5, 5.41) is 9.91. The minimum absolute atomic E-state index is 0.113. The van der Waals surface area contributed by atoms with Gasteiger partial charge in [-0.25, -0.2) is 9.37 Å². The number of rotatable bonds is 12. The van der Waals surface area contributed by atoms with Crippen LogP contribution in [-0.4, -0.2) is 64.9 Å². The van der Waals surface area contributed by atoms with E-state index in [0.717, 1.165) is 60.7 Å². The third-order valence-corrected chi connectivity index (χ3v) is 7.51. The Balaban J connectivity index is 1.12. The van der Waals surface area contributed by atoms with Crippen LogP contribution in [0.15, 0.2) is 72.8 Å². The maximum atomic E-state index is 13.4. The highest BCUT2D eigenvalue weighted by atomic mass is 19.1. The van der Waals surface area contributed by atoms with E-state index in [-0.39, 0.29) is 23.5 Å². The lowest BCUT2D eigenvalue weighted by Crippen LogP contribution is -2.43. The van der Waals surface area contributed by atoms with E-state index in [1.54, 1.807) is 13.0 Å². The molecule has 1 aliphatic heterocycles. The molecule has 1 amide bonds. The molecule has 0 atom stereocenters. The predicted molar refractivity (Wildman–Crippen MR) is 161 cm³/mol. The molecule has 3 N–H and O–H groups in total. The molecule has 1 aliphatic rings. The van der Waals surface area contributed by atoms with E-state index in [2.05, 4.69) is 31.5 Å². The van der Waals surface area contributed by atoms with Crippen molar-refractivity contribution in [1.82, 2.24) is 19.8 Å². The zero-order valence-corrected chi connectivity index (χ0v) is 23.4. The molecule has 1 saturated heterocycles. The molecule has 8 nitrogen and oxygen atoms in total. The normalized spacial score (nSPS) is 14.2. The van der Waals surface area contributed by atoms with Crippen molar-refractivity contribution in [3.63, 3.8) is 0 Å². The van der Waals surface area contributed by atoms with E-state index >= 15 is 0 Å². The molecule has 3 aromatic carbocycles. The average molecular weight is 557 g/mol. The van der Waals surface area contributed by atoms with Gasteiger partial charge in [0, 0.05) is 50.9 Å². The zero-order chi connectivity index (χ0) is 28.6. The first-order valence-electron chi connectivity index (χ1n) is 14.3. The Labute approximate surface area is 240 Å². The number of aromatic nitrogens is 2. The Bertz CT molecular complexity index is 1480. The lowest BCUT2D eigenvalue weighted by Gasteiger charge is -2.32. The molecule has 1 aromatic heterocycles. The molecule has 214 valence electrons. The summed E-state index contributed by atoms with van der Waals surface area (Å²) in [7, 11) is 0. The number of para-hydroxylation sites is 3. The van der Waals surface area contributed by atoms with Gasteiger partial charge in [-0.3, -0.25) is 9.59 Å². The number of hydrogen-bond acceptors (Lipinski definition) is 6. The van der Waals surface area contributed by atoms with Crippen LogP contribution in [0.25, 0.3) is 11.0 Å². The number of amides is 1. The standard InChI is InChI=1S/C32H37FN6O2/c1-23(40)14-17-34-28-7-3-2-6-27(28)31(41)35-18-21-38-19-15-26(16-20-38)36-32-37-29-8-4-5-9-30(29)39(32)22-24-10-12-25(33)13-11-24/h2-13,26,34H,14-22H2,1H3,(H,35,41)(H,36,37). The first-order valence-corrected chi connectivity index (χ1v) is 14.3. The van der Waals surface area contributed by atoms with Crippen LogP contribution in [0.3, 0.4) is 0 Å². The number of carbonyl (C=O) groups excluding carboxylic acids is 2. The number of piperidine rings is 1. The molecular formula is C32H37FN6O2. The van der Waals surface area contributed by atoms with Crippen LogP contribution >= 0.6 is 0 Å². The molecule has 0 radical (unpaired) electrons. The van der Waals surface area contributed by atoms with E-state index in [9.17, 15) is 14.0 Å². The van der Waals surface area contributed by atoms with Crippen LogP contribution in [0.5, 0.6) is 0 Å². The van der Waals surface area contributed by atoms with Crippen LogP contribution in [0, 0.1) is 5.82 Å². The van der Waals surface area contributed by atoms with Crippen LogP contribution in [0.4, 0.5) is 16.0 Å². The molecule has 5 rings (SSSR count). The minimum atomic E-state index is -0.239. The maximum Gasteiger partial charge on any atom is 0.253 e. The van der Waals surface area contributed by atoms with Crippen LogP contribution in [-0.2, 0) is 11.3 Å². The predicted octanol–water partition coefficient (Wildman–Crippen LogP) is 4.92. The molecular weight excluding hydrogens is 519 g/mol. The first kappa shape index (κ1) is 28.3.